The van der Waals surface area contributed by atoms with Crippen LogP contribution in [0, 0.1) is 40.4 Å². The molecule has 0 spiro atoms. The van der Waals surface area contributed by atoms with Crippen LogP contribution in [0.4, 0.5) is 0 Å². The summed E-state index contributed by atoms with van der Waals surface area (Å²) in [5, 5.41) is 9.09. The van der Waals surface area contributed by atoms with Gasteiger partial charge in [-0.15, -0.1) is 0 Å². The Morgan fingerprint density at radius 1 is 0.857 bits per heavy atom. The number of aliphatic hydroxyl groups excluding tert-OH is 1. The lowest BCUT2D eigenvalue weighted by molar-refractivity contribution is -0.108. The van der Waals surface area contributed by atoms with Gasteiger partial charge in [0.25, 0.3) is 0 Å². The van der Waals surface area contributed by atoms with E-state index >= 15 is 0 Å². The first-order valence-electron chi connectivity index (χ1n) is 12.1. The summed E-state index contributed by atoms with van der Waals surface area (Å²) < 4.78 is 0. The first-order chi connectivity index (χ1) is 13.4. The zero-order valence-corrected chi connectivity index (χ0v) is 18.7. The van der Waals surface area contributed by atoms with Gasteiger partial charge in [-0.1, -0.05) is 50.5 Å². The fourth-order valence-electron chi connectivity index (χ4n) is 8.55. The number of rotatable bonds is 3. The van der Waals surface area contributed by atoms with Crippen LogP contribution in [0.2, 0.25) is 0 Å². The van der Waals surface area contributed by atoms with Gasteiger partial charge in [-0.05, 0) is 111 Å². The van der Waals surface area contributed by atoms with E-state index in [-0.39, 0.29) is 0 Å². The molecule has 0 heterocycles. The molecule has 0 bridgehead atoms. The van der Waals surface area contributed by atoms with E-state index in [0.29, 0.717) is 10.8 Å². The molecular formula is C27H42O. The van der Waals surface area contributed by atoms with E-state index in [1.807, 2.05) is 13.0 Å². The van der Waals surface area contributed by atoms with Crippen molar-refractivity contribution in [2.45, 2.75) is 91.9 Å². The molecule has 0 aromatic carbocycles. The average molecular weight is 383 g/mol. The minimum absolute atomic E-state index is 0.509. The smallest absolute Gasteiger partial charge is 0.0820 e. The van der Waals surface area contributed by atoms with E-state index < -0.39 is 0 Å². The third-order valence-electron chi connectivity index (χ3n) is 10.1. The Labute approximate surface area is 173 Å². The lowest BCUT2D eigenvalue weighted by Gasteiger charge is -2.60. The third-order valence-corrected chi connectivity index (χ3v) is 10.1. The van der Waals surface area contributed by atoms with Crippen molar-refractivity contribution in [2.24, 2.45) is 40.4 Å². The monoisotopic (exact) mass is 382 g/mol. The molecule has 7 atom stereocenters. The molecule has 1 N–H and O–H groups in total. The van der Waals surface area contributed by atoms with Crippen LogP contribution in [-0.2, 0) is 0 Å². The fourth-order valence-corrected chi connectivity index (χ4v) is 8.55. The highest BCUT2D eigenvalue weighted by molar-refractivity contribution is 5.24. The largest absolute Gasteiger partial charge is 0.515 e. The molecule has 0 amide bonds. The van der Waals surface area contributed by atoms with E-state index in [0.717, 1.165) is 35.2 Å². The number of aliphatic hydroxyl groups is 1. The molecule has 0 radical (unpaired) electrons. The van der Waals surface area contributed by atoms with Gasteiger partial charge in [0.1, 0.15) is 0 Å². The molecule has 0 aromatic rings. The van der Waals surface area contributed by atoms with E-state index in [4.69, 9.17) is 5.11 Å². The lowest BCUT2D eigenvalue weighted by atomic mass is 9.44. The number of allylic oxidation sites excluding steroid dienone is 5. The summed E-state index contributed by atoms with van der Waals surface area (Å²) in [5.41, 5.74) is 3.64. The van der Waals surface area contributed by atoms with Crippen LogP contribution in [0.15, 0.2) is 35.6 Å². The van der Waals surface area contributed by atoms with Crippen molar-refractivity contribution in [2.75, 3.05) is 0 Å². The maximum absolute atomic E-state index is 9.09. The van der Waals surface area contributed by atoms with Crippen LogP contribution in [0.3, 0.4) is 0 Å². The van der Waals surface area contributed by atoms with Gasteiger partial charge in [-0.3, -0.25) is 0 Å². The summed E-state index contributed by atoms with van der Waals surface area (Å²) >= 11 is 0. The Morgan fingerprint density at radius 2 is 1.64 bits per heavy atom. The Morgan fingerprint density at radius 3 is 2.43 bits per heavy atom. The molecule has 1 heteroatoms. The highest BCUT2D eigenvalue weighted by atomic mass is 16.2. The van der Waals surface area contributed by atoms with Crippen LogP contribution >= 0.6 is 0 Å². The quantitative estimate of drug-likeness (QED) is 0.387. The van der Waals surface area contributed by atoms with Gasteiger partial charge in [0.15, 0.2) is 0 Å². The molecule has 1 unspecified atom stereocenters. The first-order valence-corrected chi connectivity index (χ1v) is 12.1. The highest BCUT2D eigenvalue weighted by Gasteiger charge is 2.59. The third kappa shape index (κ3) is 3.21. The number of hydrogen-bond donors (Lipinski definition) is 1. The topological polar surface area (TPSA) is 20.2 Å². The maximum atomic E-state index is 9.09. The Balaban J connectivity index is 1.54. The molecule has 0 aliphatic heterocycles. The molecule has 0 saturated heterocycles. The van der Waals surface area contributed by atoms with Crippen molar-refractivity contribution in [1.82, 2.24) is 0 Å². The molecule has 156 valence electrons. The predicted molar refractivity (Wildman–Crippen MR) is 119 cm³/mol. The minimum atomic E-state index is 0.509. The number of fused-ring (bicyclic) bond motifs is 5. The molecule has 28 heavy (non-hydrogen) atoms. The lowest BCUT2D eigenvalue weighted by Crippen LogP contribution is -2.52. The second-order valence-electron chi connectivity index (χ2n) is 11.2. The molecule has 4 aliphatic rings. The van der Waals surface area contributed by atoms with E-state index in [1.54, 1.807) is 5.57 Å². The van der Waals surface area contributed by atoms with Gasteiger partial charge in [0.05, 0.1) is 6.26 Å². The van der Waals surface area contributed by atoms with E-state index in [2.05, 4.69) is 32.9 Å². The maximum Gasteiger partial charge on any atom is 0.0820 e. The predicted octanol–water partition coefficient (Wildman–Crippen LogP) is 8.00. The van der Waals surface area contributed by atoms with Gasteiger partial charge >= 0.3 is 0 Å². The Kier molecular flexibility index (Phi) is 5.58. The summed E-state index contributed by atoms with van der Waals surface area (Å²) in [6.45, 7) is 9.62. The van der Waals surface area contributed by atoms with Crippen molar-refractivity contribution >= 4 is 0 Å². The number of hydrogen-bond acceptors (Lipinski definition) is 1. The standard InChI is InChI=1S/C27H42O/c1-19(18-28)8-7-9-20(2)23-13-14-24-22-12-11-21-10-5-6-16-26(21,3)25(22)15-17-27(23,24)4/h7-9,18,21-25,28H,5-6,10-17H2,1-4H3/t21?,22-,23+,24-,25-,26-,27+/m0/s1. The minimum Gasteiger partial charge on any atom is -0.515 e. The average Bonchev–Trinajstić information content (AvgIpc) is 3.04. The summed E-state index contributed by atoms with van der Waals surface area (Å²) in [4.78, 5) is 0. The van der Waals surface area contributed by atoms with Gasteiger partial charge in [-0.25, -0.2) is 0 Å². The molecular weight excluding hydrogens is 340 g/mol. The van der Waals surface area contributed by atoms with Crippen LogP contribution in [0.5, 0.6) is 0 Å². The normalized spacial score (nSPS) is 46.9. The van der Waals surface area contributed by atoms with Gasteiger partial charge in [0, 0.05) is 0 Å². The molecule has 4 aliphatic carbocycles. The highest BCUT2D eigenvalue weighted by Crippen LogP contribution is 2.68. The fraction of sp³-hybridized carbons (Fsp3) is 0.778. The van der Waals surface area contributed by atoms with E-state index in [9.17, 15) is 0 Å². The van der Waals surface area contributed by atoms with Crippen molar-refractivity contribution in [3.8, 4) is 0 Å². The van der Waals surface area contributed by atoms with Crippen molar-refractivity contribution < 1.29 is 5.11 Å². The van der Waals surface area contributed by atoms with Crippen LogP contribution in [0.25, 0.3) is 0 Å². The summed E-state index contributed by atoms with van der Waals surface area (Å²) in [5.74, 6) is 4.72. The van der Waals surface area contributed by atoms with Gasteiger partial charge < -0.3 is 5.11 Å². The summed E-state index contributed by atoms with van der Waals surface area (Å²) in [6, 6.07) is 0. The Bertz CT molecular complexity index is 670. The summed E-state index contributed by atoms with van der Waals surface area (Å²) in [7, 11) is 0. The van der Waals surface area contributed by atoms with Gasteiger partial charge in [0.2, 0.25) is 0 Å². The van der Waals surface area contributed by atoms with Crippen LogP contribution < -0.4 is 0 Å². The van der Waals surface area contributed by atoms with Crippen molar-refractivity contribution in [1.29, 1.82) is 0 Å². The first kappa shape index (κ1) is 20.3. The summed E-state index contributed by atoms with van der Waals surface area (Å²) in [6.07, 6.45) is 22.4. The molecule has 4 rings (SSSR count). The molecule has 0 aromatic heterocycles. The zero-order valence-electron chi connectivity index (χ0n) is 18.7. The molecule has 4 fully saturated rings. The Hall–Kier alpha value is -0.980. The van der Waals surface area contributed by atoms with Crippen LogP contribution in [-0.4, -0.2) is 5.11 Å². The van der Waals surface area contributed by atoms with Crippen LogP contribution in [0.1, 0.15) is 91.9 Å². The van der Waals surface area contributed by atoms with Gasteiger partial charge in [-0.2, -0.15) is 0 Å². The second kappa shape index (κ2) is 7.69. The second-order valence-corrected chi connectivity index (χ2v) is 11.2. The molecule has 4 saturated carbocycles. The SMILES string of the molecule is CC(C=CC=C(C)[C@H]1CC[C@H]2[C@@H]3CCC4CCCC[C@]4(C)[C@H]3CC[C@]12C)=CO. The van der Waals surface area contributed by atoms with Crippen molar-refractivity contribution in [3.05, 3.63) is 35.6 Å². The molecule has 1 nitrogen and oxygen atoms in total. The zero-order chi connectivity index (χ0) is 19.9. The van der Waals surface area contributed by atoms with E-state index in [1.165, 1.54) is 70.5 Å². The van der Waals surface area contributed by atoms with Crippen molar-refractivity contribution in [3.63, 3.8) is 0 Å².